The molecule has 0 unspecified atom stereocenters. The lowest BCUT2D eigenvalue weighted by molar-refractivity contribution is -0.147. The molecule has 51 heavy (non-hydrogen) atoms. The largest absolute Gasteiger partial charge is 0.480 e. The number of β-amino-alcohol motifs (C(OH)–C–C–N with tert-alkyl or cyclic N) is 1. The Kier molecular flexibility index (Phi) is 11.5. The third-order valence-corrected chi connectivity index (χ3v) is 9.63. The Labute approximate surface area is 298 Å². The molecule has 0 radical (unpaired) electrons. The van der Waals surface area contributed by atoms with E-state index in [9.17, 15) is 29.0 Å². The number of aliphatic hydroxyl groups is 1. The maximum atomic E-state index is 14.2. The minimum atomic E-state index is -1.19. The van der Waals surface area contributed by atoms with Crippen LogP contribution in [0, 0.1) is 5.82 Å². The highest BCUT2D eigenvalue weighted by atomic mass is 35.5. The molecular weight excluding hydrogens is 683 g/mol. The Morgan fingerprint density at radius 2 is 1.88 bits per heavy atom. The Balaban J connectivity index is 1.07. The number of carbonyl (C=O) groups excluding carboxylic acids is 2. The van der Waals surface area contributed by atoms with Gasteiger partial charge in [-0.05, 0) is 62.3 Å². The van der Waals surface area contributed by atoms with Crippen LogP contribution >= 0.6 is 11.6 Å². The fourth-order valence-electron chi connectivity index (χ4n) is 6.67. The van der Waals surface area contributed by atoms with Crippen LogP contribution in [0.4, 0.5) is 4.39 Å². The fourth-order valence-corrected chi connectivity index (χ4v) is 6.83. The first-order valence-corrected chi connectivity index (χ1v) is 17.2. The number of aromatic nitrogens is 3. The molecule has 2 saturated heterocycles. The number of carboxylic acids is 1. The summed E-state index contributed by atoms with van der Waals surface area (Å²) in [6.45, 7) is 2.84. The summed E-state index contributed by atoms with van der Waals surface area (Å²) in [5.41, 5.74) is 3.12. The van der Waals surface area contributed by atoms with Gasteiger partial charge in [0.2, 0.25) is 11.8 Å². The van der Waals surface area contributed by atoms with E-state index in [2.05, 4.69) is 14.8 Å². The average Bonchev–Trinajstić information content (AvgIpc) is 3.69. The molecule has 4 heterocycles. The van der Waals surface area contributed by atoms with E-state index in [4.69, 9.17) is 31.0 Å². The number of hydrogen-bond acceptors (Lipinski definition) is 9. The van der Waals surface area contributed by atoms with Gasteiger partial charge in [0.15, 0.2) is 0 Å². The quantitative estimate of drug-likeness (QED) is 0.186. The molecule has 2 aliphatic heterocycles. The normalized spacial score (nSPS) is 18.3. The SMILES string of the molecule is COCCn1c(CN2CCC(c3cccc(OCc4ccc(Cl)cc4F)n3)CC2)nc2cc(C(=O)NCC(=O)N3C[C@H](O)C[C@H]3C(=O)O)ccc21. The highest BCUT2D eigenvalue weighted by molar-refractivity contribution is 6.30. The molecule has 6 rings (SSSR count). The monoisotopic (exact) mass is 722 g/mol. The van der Waals surface area contributed by atoms with Crippen molar-refractivity contribution in [3.8, 4) is 5.88 Å². The van der Waals surface area contributed by atoms with Gasteiger partial charge in [-0.2, -0.15) is 0 Å². The summed E-state index contributed by atoms with van der Waals surface area (Å²) in [6.07, 6.45) is 0.798. The summed E-state index contributed by atoms with van der Waals surface area (Å²) in [6, 6.07) is 14.2. The number of rotatable bonds is 13. The van der Waals surface area contributed by atoms with Crippen LogP contribution in [0.2, 0.25) is 5.02 Å². The highest BCUT2D eigenvalue weighted by Crippen LogP contribution is 2.30. The molecule has 0 aliphatic carbocycles. The minimum Gasteiger partial charge on any atom is -0.480 e. The number of aliphatic hydroxyl groups excluding tert-OH is 1. The van der Waals surface area contributed by atoms with Gasteiger partial charge in [-0.1, -0.05) is 23.7 Å². The van der Waals surface area contributed by atoms with Crippen molar-refractivity contribution < 1.29 is 38.5 Å². The van der Waals surface area contributed by atoms with E-state index in [1.807, 2.05) is 18.2 Å². The van der Waals surface area contributed by atoms with E-state index < -0.39 is 42.3 Å². The van der Waals surface area contributed by atoms with Crippen LogP contribution in [0.3, 0.4) is 0 Å². The van der Waals surface area contributed by atoms with Gasteiger partial charge in [-0.15, -0.1) is 0 Å². The van der Waals surface area contributed by atoms with Crippen molar-refractivity contribution in [1.82, 2.24) is 29.7 Å². The van der Waals surface area contributed by atoms with Crippen molar-refractivity contribution in [1.29, 1.82) is 0 Å². The smallest absolute Gasteiger partial charge is 0.326 e. The predicted octanol–water partition coefficient (Wildman–Crippen LogP) is 3.61. The van der Waals surface area contributed by atoms with Crippen LogP contribution in [0.1, 0.15) is 52.6 Å². The molecule has 13 nitrogen and oxygen atoms in total. The van der Waals surface area contributed by atoms with Crippen molar-refractivity contribution in [2.24, 2.45) is 0 Å². The number of piperidine rings is 1. The van der Waals surface area contributed by atoms with Crippen molar-refractivity contribution in [2.45, 2.75) is 57.0 Å². The zero-order valence-corrected chi connectivity index (χ0v) is 28.9. The molecule has 4 aromatic rings. The summed E-state index contributed by atoms with van der Waals surface area (Å²) in [4.78, 5) is 50.2. The number of nitrogens with zero attached hydrogens (tertiary/aromatic N) is 5. The summed E-state index contributed by atoms with van der Waals surface area (Å²) in [5, 5.41) is 22.1. The van der Waals surface area contributed by atoms with Crippen LogP contribution in [0.5, 0.6) is 5.88 Å². The molecule has 0 bridgehead atoms. The van der Waals surface area contributed by atoms with E-state index >= 15 is 0 Å². The lowest BCUT2D eigenvalue weighted by Crippen LogP contribution is -2.45. The van der Waals surface area contributed by atoms with Gasteiger partial charge in [0.1, 0.15) is 24.3 Å². The third kappa shape index (κ3) is 8.64. The van der Waals surface area contributed by atoms with Crippen LogP contribution in [0.15, 0.2) is 54.6 Å². The molecular formula is C36H40ClFN6O7. The van der Waals surface area contributed by atoms with Crippen molar-refractivity contribution >= 4 is 40.4 Å². The van der Waals surface area contributed by atoms with Crippen LogP contribution < -0.4 is 10.1 Å². The molecule has 2 aromatic carbocycles. The molecule has 0 spiro atoms. The second-order valence-corrected chi connectivity index (χ2v) is 13.3. The lowest BCUT2D eigenvalue weighted by Gasteiger charge is -2.31. The van der Waals surface area contributed by atoms with Gasteiger partial charge in [0, 0.05) is 60.4 Å². The van der Waals surface area contributed by atoms with Crippen molar-refractivity contribution in [2.75, 3.05) is 39.9 Å². The van der Waals surface area contributed by atoms with E-state index in [1.54, 1.807) is 37.4 Å². The number of amides is 2. The Morgan fingerprint density at radius 1 is 1.08 bits per heavy atom. The third-order valence-electron chi connectivity index (χ3n) is 9.40. The maximum absolute atomic E-state index is 14.2. The predicted molar refractivity (Wildman–Crippen MR) is 185 cm³/mol. The van der Waals surface area contributed by atoms with Crippen LogP contribution in [-0.4, -0.2) is 104 Å². The Bertz CT molecular complexity index is 1900. The number of carbonyl (C=O) groups is 3. The highest BCUT2D eigenvalue weighted by Gasteiger charge is 2.38. The van der Waals surface area contributed by atoms with E-state index in [1.165, 1.54) is 6.07 Å². The van der Waals surface area contributed by atoms with Gasteiger partial charge in [-0.25, -0.2) is 19.2 Å². The number of fused-ring (bicyclic) bond motifs is 1. The fraction of sp³-hybridized carbons (Fsp3) is 0.417. The van der Waals surface area contributed by atoms with E-state index in [0.717, 1.165) is 47.9 Å². The first kappa shape index (κ1) is 36.2. The van der Waals surface area contributed by atoms with Crippen molar-refractivity contribution in [3.63, 3.8) is 0 Å². The number of pyridine rings is 1. The van der Waals surface area contributed by atoms with E-state index in [0.29, 0.717) is 47.2 Å². The first-order valence-electron chi connectivity index (χ1n) is 16.8. The Hall–Kier alpha value is -4.63. The number of methoxy groups -OCH3 is 1. The van der Waals surface area contributed by atoms with Crippen LogP contribution in [0.25, 0.3) is 11.0 Å². The Morgan fingerprint density at radius 3 is 2.63 bits per heavy atom. The number of likely N-dealkylation sites (tertiary alicyclic amines) is 2. The molecule has 270 valence electrons. The number of ether oxygens (including phenoxy) is 2. The van der Waals surface area contributed by atoms with Crippen LogP contribution in [-0.2, 0) is 34.0 Å². The summed E-state index contributed by atoms with van der Waals surface area (Å²) in [5.74, 6) is -1.17. The molecule has 2 fully saturated rings. The summed E-state index contributed by atoms with van der Waals surface area (Å²) in [7, 11) is 1.64. The second kappa shape index (κ2) is 16.1. The number of benzene rings is 2. The van der Waals surface area contributed by atoms with E-state index in [-0.39, 0.29) is 25.5 Å². The molecule has 3 N–H and O–H groups in total. The number of halogens is 2. The molecule has 15 heteroatoms. The lowest BCUT2D eigenvalue weighted by atomic mass is 9.93. The molecule has 0 saturated carbocycles. The second-order valence-electron chi connectivity index (χ2n) is 12.8. The molecule has 2 aliphatic rings. The number of nitrogens with one attached hydrogen (secondary N) is 1. The molecule has 2 amide bonds. The summed E-state index contributed by atoms with van der Waals surface area (Å²) >= 11 is 5.86. The first-order chi connectivity index (χ1) is 24.6. The number of carboxylic acid groups (broad SMARTS) is 1. The standard InChI is InChI=1S/C36H40ClFN6O7/c1-50-14-13-43-30-8-6-23(35(47)39-18-34(46)44-19-26(45)17-31(44)36(48)49)15-29(30)40-32(43)20-42-11-9-22(10-12-42)28-3-2-4-33(41-28)51-21-24-5-7-25(37)16-27(24)38/h2-8,15-16,22,26,31,45H,9-14,17-21H2,1H3,(H,39,47)(H,48,49)/t26-,31+/m1/s1. The van der Waals surface area contributed by atoms with Gasteiger partial charge >= 0.3 is 5.97 Å². The minimum absolute atomic E-state index is 0.0468. The van der Waals surface area contributed by atoms with Gasteiger partial charge in [0.05, 0.1) is 36.8 Å². The van der Waals surface area contributed by atoms with Gasteiger partial charge < -0.3 is 34.5 Å². The average molecular weight is 723 g/mol. The maximum Gasteiger partial charge on any atom is 0.326 e. The van der Waals surface area contributed by atoms with Gasteiger partial charge in [0.25, 0.3) is 5.91 Å². The van der Waals surface area contributed by atoms with Crippen molar-refractivity contribution in [3.05, 3.63) is 88.1 Å². The molecule has 2 atom stereocenters. The zero-order valence-electron chi connectivity index (χ0n) is 28.1. The molecule has 2 aromatic heterocycles. The number of imidazole rings is 1. The number of hydrogen-bond donors (Lipinski definition) is 3. The summed E-state index contributed by atoms with van der Waals surface area (Å²) < 4.78 is 27.5. The van der Waals surface area contributed by atoms with Gasteiger partial charge in [-0.3, -0.25) is 14.5 Å². The zero-order chi connectivity index (χ0) is 36.1. The topological polar surface area (TPSA) is 159 Å². The number of aliphatic carboxylic acids is 1.